The van der Waals surface area contributed by atoms with Crippen LogP contribution in [0.4, 0.5) is 0 Å². The second kappa shape index (κ2) is 9.10. The van der Waals surface area contributed by atoms with E-state index >= 15 is 0 Å². The van der Waals surface area contributed by atoms with Gasteiger partial charge in [0.25, 0.3) is 11.8 Å². The molecule has 4 atom stereocenters. The van der Waals surface area contributed by atoms with Crippen LogP contribution in [-0.4, -0.2) is 105 Å². The van der Waals surface area contributed by atoms with Crippen LogP contribution >= 0.6 is 0 Å². The van der Waals surface area contributed by atoms with E-state index in [1.165, 1.54) is 9.58 Å². The number of hydrogen-bond donors (Lipinski definition) is 2. The van der Waals surface area contributed by atoms with Crippen LogP contribution < -0.4 is 10.6 Å². The molecule has 1 aromatic heterocycles. The number of nitrogens with one attached hydrogen (secondary N) is 2. The Morgan fingerprint density at radius 1 is 1.14 bits per heavy atom. The van der Waals surface area contributed by atoms with Gasteiger partial charge < -0.3 is 15.1 Å². The van der Waals surface area contributed by atoms with Crippen LogP contribution in [0.5, 0.6) is 0 Å². The minimum absolute atomic E-state index is 0.211. The maximum absolute atomic E-state index is 12.9. The lowest BCUT2D eigenvalue weighted by atomic mass is 10.0. The molecule has 2 N–H and O–H groups in total. The summed E-state index contributed by atoms with van der Waals surface area (Å²) in [5.41, 5.74) is 2.17. The van der Waals surface area contributed by atoms with Crippen molar-refractivity contribution in [1.82, 2.24) is 40.3 Å². The Kier molecular flexibility index (Phi) is 5.76. The molecule has 0 saturated carbocycles. The van der Waals surface area contributed by atoms with Gasteiger partial charge in [-0.1, -0.05) is 5.21 Å². The summed E-state index contributed by atoms with van der Waals surface area (Å²) < 4.78 is 1.51. The van der Waals surface area contributed by atoms with Crippen molar-refractivity contribution >= 4 is 23.6 Å². The number of amides is 4. The van der Waals surface area contributed by atoms with Gasteiger partial charge in [-0.25, -0.2) is 4.68 Å². The first-order valence-electron chi connectivity index (χ1n) is 12.4. The van der Waals surface area contributed by atoms with Gasteiger partial charge in [0.1, 0.15) is 6.04 Å². The second-order valence-electron chi connectivity index (χ2n) is 9.84. The molecule has 5 aliphatic rings. The fourth-order valence-corrected chi connectivity index (χ4v) is 5.64. The molecule has 4 amide bonds. The number of carbonyl (C=O) groups excluding carboxylic acids is 4. The van der Waals surface area contributed by atoms with Gasteiger partial charge in [0.15, 0.2) is 5.69 Å². The lowest BCUT2D eigenvalue weighted by Crippen LogP contribution is -2.54. The van der Waals surface area contributed by atoms with Crippen molar-refractivity contribution in [2.75, 3.05) is 39.3 Å². The molecule has 12 nitrogen and oxygen atoms in total. The molecule has 0 radical (unpaired) electrons. The minimum Gasteiger partial charge on any atom is -0.349 e. The van der Waals surface area contributed by atoms with Gasteiger partial charge in [-0.3, -0.25) is 29.4 Å². The quantitative estimate of drug-likeness (QED) is 0.516. The highest BCUT2D eigenvalue weighted by Crippen LogP contribution is 2.29. The first-order chi connectivity index (χ1) is 17.5. The summed E-state index contributed by atoms with van der Waals surface area (Å²) in [6, 6.07) is 4.90. The Balaban J connectivity index is 1.12. The van der Waals surface area contributed by atoms with Crippen LogP contribution in [0.15, 0.2) is 24.4 Å². The topological polar surface area (TPSA) is 133 Å². The predicted molar refractivity (Wildman–Crippen MR) is 126 cm³/mol. The molecule has 0 aliphatic carbocycles. The SMILES string of the molecule is O=C1CCC(N2Cc3cc(-n4cc(C(=O)NCC5CN6CCCN5CC6)nn4)ccc3C2=O)C(=O)N1. The van der Waals surface area contributed by atoms with Crippen molar-refractivity contribution in [3.63, 3.8) is 0 Å². The molecule has 188 valence electrons. The van der Waals surface area contributed by atoms with Crippen LogP contribution in [-0.2, 0) is 16.1 Å². The molecule has 4 saturated heterocycles. The monoisotopic (exact) mass is 492 g/mol. The molecule has 4 fully saturated rings. The Bertz CT molecular complexity index is 1240. The molecule has 0 spiro atoms. The Morgan fingerprint density at radius 2 is 2.03 bits per heavy atom. The first-order valence-corrected chi connectivity index (χ1v) is 12.4. The van der Waals surface area contributed by atoms with Crippen LogP contribution in [0.3, 0.4) is 0 Å². The van der Waals surface area contributed by atoms with Gasteiger partial charge >= 0.3 is 0 Å². The molecule has 4 unspecified atom stereocenters. The van der Waals surface area contributed by atoms with Gasteiger partial charge in [-0.15, -0.1) is 5.10 Å². The van der Waals surface area contributed by atoms with Crippen molar-refractivity contribution in [3.8, 4) is 5.69 Å². The Morgan fingerprint density at radius 3 is 2.89 bits per heavy atom. The normalized spacial score (nSPS) is 27.6. The van der Waals surface area contributed by atoms with E-state index in [0.717, 1.165) is 44.7 Å². The summed E-state index contributed by atoms with van der Waals surface area (Å²) in [5.74, 6) is -1.25. The number of nitrogens with zero attached hydrogens (tertiary/aromatic N) is 6. The van der Waals surface area contributed by atoms with E-state index in [2.05, 4.69) is 30.7 Å². The summed E-state index contributed by atoms with van der Waals surface area (Å²) in [6.07, 6.45) is 3.27. The van der Waals surface area contributed by atoms with Crippen molar-refractivity contribution < 1.29 is 19.2 Å². The van der Waals surface area contributed by atoms with Gasteiger partial charge in [0.2, 0.25) is 11.8 Å². The number of aromatic nitrogens is 3. The smallest absolute Gasteiger partial charge is 0.273 e. The average Bonchev–Trinajstić information content (AvgIpc) is 3.34. The Labute approximate surface area is 207 Å². The van der Waals surface area contributed by atoms with Gasteiger partial charge in [0, 0.05) is 50.7 Å². The van der Waals surface area contributed by atoms with E-state index in [1.807, 2.05) is 6.07 Å². The third-order valence-corrected chi connectivity index (χ3v) is 7.60. The maximum atomic E-state index is 12.9. The maximum Gasteiger partial charge on any atom is 0.273 e. The molecule has 2 bridgehead atoms. The number of fused-ring (bicyclic) bond motifs is 5. The summed E-state index contributed by atoms with van der Waals surface area (Å²) in [7, 11) is 0. The van der Waals surface area contributed by atoms with Gasteiger partial charge in [0.05, 0.1) is 11.9 Å². The number of imide groups is 1. The summed E-state index contributed by atoms with van der Waals surface area (Å²) >= 11 is 0. The zero-order valence-corrected chi connectivity index (χ0v) is 19.9. The van der Waals surface area contributed by atoms with Crippen LogP contribution in [0.2, 0.25) is 0 Å². The van der Waals surface area contributed by atoms with E-state index < -0.39 is 11.9 Å². The summed E-state index contributed by atoms with van der Waals surface area (Å²) in [6.45, 7) is 6.12. The highest BCUT2D eigenvalue weighted by molar-refractivity contribution is 6.05. The second-order valence-corrected chi connectivity index (χ2v) is 9.84. The zero-order valence-electron chi connectivity index (χ0n) is 19.9. The molecule has 2 aromatic rings. The van der Waals surface area contributed by atoms with Crippen molar-refractivity contribution in [2.24, 2.45) is 0 Å². The molecule has 7 rings (SSSR count). The highest BCUT2D eigenvalue weighted by Gasteiger charge is 2.39. The third kappa shape index (κ3) is 4.16. The summed E-state index contributed by atoms with van der Waals surface area (Å²) in [4.78, 5) is 55.8. The van der Waals surface area contributed by atoms with Crippen molar-refractivity contribution in [1.29, 1.82) is 0 Å². The molecular weight excluding hydrogens is 464 g/mol. The third-order valence-electron chi connectivity index (χ3n) is 7.60. The van der Waals surface area contributed by atoms with E-state index in [-0.39, 0.29) is 36.4 Å². The predicted octanol–water partition coefficient (Wildman–Crippen LogP) is -0.852. The molecule has 12 heteroatoms. The first kappa shape index (κ1) is 22.8. The van der Waals surface area contributed by atoms with Gasteiger partial charge in [-0.2, -0.15) is 0 Å². The largest absolute Gasteiger partial charge is 0.349 e. The number of piperazine rings is 1. The molecule has 5 aliphatic heterocycles. The number of hydrogen-bond acceptors (Lipinski definition) is 8. The molecule has 36 heavy (non-hydrogen) atoms. The lowest BCUT2D eigenvalue weighted by molar-refractivity contribution is -0.136. The van der Waals surface area contributed by atoms with E-state index in [0.29, 0.717) is 30.3 Å². The number of carbonyl (C=O) groups is 4. The standard InChI is InChI=1S/C24H28N8O4/c33-21-5-4-20(23(35)26-21)31-12-15-10-16(2-3-18(15)24(31)36)32-14-19(27-28-32)22(34)25-11-17-13-29-6-1-7-30(17)9-8-29/h2-3,10,14,17,20H,1,4-9,11-13H2,(H,25,34)(H,26,33,35). The summed E-state index contributed by atoms with van der Waals surface area (Å²) in [5, 5.41) is 13.5. The highest BCUT2D eigenvalue weighted by atomic mass is 16.2. The van der Waals surface area contributed by atoms with Gasteiger partial charge in [-0.05, 0) is 49.7 Å². The van der Waals surface area contributed by atoms with Crippen LogP contribution in [0.25, 0.3) is 5.69 Å². The van der Waals surface area contributed by atoms with Crippen molar-refractivity contribution in [2.45, 2.75) is 37.9 Å². The fraction of sp³-hybridized carbons (Fsp3) is 0.500. The van der Waals surface area contributed by atoms with Crippen LogP contribution in [0.1, 0.15) is 45.7 Å². The van der Waals surface area contributed by atoms with E-state index in [9.17, 15) is 19.2 Å². The molecular formula is C24H28N8O4. The van der Waals surface area contributed by atoms with E-state index in [1.54, 1.807) is 18.3 Å². The Hall–Kier alpha value is -3.64. The van der Waals surface area contributed by atoms with Crippen molar-refractivity contribution in [3.05, 3.63) is 41.2 Å². The lowest BCUT2D eigenvalue weighted by Gasteiger charge is -2.37. The minimum atomic E-state index is -0.662. The zero-order chi connectivity index (χ0) is 24.8. The van der Waals surface area contributed by atoms with E-state index in [4.69, 9.17) is 0 Å². The number of rotatable bonds is 5. The molecule has 6 heterocycles. The van der Waals surface area contributed by atoms with Crippen LogP contribution in [0, 0.1) is 0 Å². The average molecular weight is 493 g/mol. The fourth-order valence-electron chi connectivity index (χ4n) is 5.64. The molecule has 1 aromatic carbocycles. The number of benzene rings is 1. The number of piperidine rings is 1.